The van der Waals surface area contributed by atoms with E-state index in [0.29, 0.717) is 27.7 Å². The molecular weight excluding hydrogens is 400 g/mol. The van der Waals surface area contributed by atoms with Crippen molar-refractivity contribution in [3.8, 4) is 16.9 Å². The first-order valence-corrected chi connectivity index (χ1v) is 9.72. The van der Waals surface area contributed by atoms with E-state index in [9.17, 15) is 9.59 Å². The largest absolute Gasteiger partial charge is 0.495 e. The van der Waals surface area contributed by atoms with Gasteiger partial charge >= 0.3 is 0 Å². The number of rotatable bonds is 5. The maximum Gasteiger partial charge on any atom is 0.298 e. The molecule has 0 unspecified atom stereocenters. The fraction of sp³-hybridized carbons (Fsp3) is 0.0833. The molecule has 1 amide bonds. The first-order chi connectivity index (χ1) is 14.5. The summed E-state index contributed by atoms with van der Waals surface area (Å²) < 4.78 is 6.85. The Balaban J connectivity index is 1.73. The summed E-state index contributed by atoms with van der Waals surface area (Å²) in [4.78, 5) is 26.0. The Morgan fingerprint density at radius 1 is 1.00 bits per heavy atom. The molecule has 0 bridgehead atoms. The number of Topliss-reactive ketones (excluding diaryl/α,β-unsaturated/α-hetero) is 1. The number of benzene rings is 2. The number of nitrogens with zero attached hydrogens (tertiary/aromatic N) is 1. The minimum Gasteiger partial charge on any atom is -0.495 e. The Kier molecular flexibility index (Phi) is 5.29. The van der Waals surface area contributed by atoms with E-state index < -0.39 is 11.7 Å². The van der Waals surface area contributed by atoms with Crippen molar-refractivity contribution < 1.29 is 14.3 Å². The van der Waals surface area contributed by atoms with Crippen molar-refractivity contribution in [2.45, 2.75) is 6.92 Å². The Bertz CT molecular complexity index is 1260. The second-order valence-electron chi connectivity index (χ2n) is 6.90. The molecule has 0 aliphatic carbocycles. The number of anilines is 1. The lowest BCUT2D eigenvalue weighted by atomic mass is 10.0. The zero-order valence-electron chi connectivity index (χ0n) is 16.5. The monoisotopic (exact) mass is 418 g/mol. The van der Waals surface area contributed by atoms with Crippen LogP contribution in [0.4, 0.5) is 5.69 Å². The predicted octanol–water partition coefficient (Wildman–Crippen LogP) is 5.40. The number of amides is 1. The molecule has 0 saturated heterocycles. The number of aryl methyl sites for hydroxylation is 1. The fourth-order valence-electron chi connectivity index (χ4n) is 3.35. The Labute approximate surface area is 178 Å². The van der Waals surface area contributed by atoms with Gasteiger partial charge in [-0.05, 0) is 48.9 Å². The lowest BCUT2D eigenvalue weighted by Crippen LogP contribution is -2.24. The number of aromatic nitrogens is 1. The highest BCUT2D eigenvalue weighted by Crippen LogP contribution is 2.30. The molecule has 0 aliphatic heterocycles. The molecule has 0 aliphatic rings. The number of carbonyl (C=O) groups excluding carboxylic acids is 2. The van der Waals surface area contributed by atoms with Gasteiger partial charge in [-0.2, -0.15) is 0 Å². The van der Waals surface area contributed by atoms with Crippen LogP contribution in [0.2, 0.25) is 5.02 Å². The zero-order valence-corrected chi connectivity index (χ0v) is 17.2. The van der Waals surface area contributed by atoms with Crippen LogP contribution in [0.15, 0.2) is 72.9 Å². The van der Waals surface area contributed by atoms with Gasteiger partial charge in [0.25, 0.3) is 11.7 Å². The summed E-state index contributed by atoms with van der Waals surface area (Å²) >= 11 is 6.12. The number of fused-ring (bicyclic) bond motifs is 1. The van der Waals surface area contributed by atoms with E-state index >= 15 is 0 Å². The smallest absolute Gasteiger partial charge is 0.298 e. The van der Waals surface area contributed by atoms with E-state index in [1.807, 2.05) is 55.5 Å². The maximum absolute atomic E-state index is 13.2. The van der Waals surface area contributed by atoms with Gasteiger partial charge in [-0.15, -0.1) is 0 Å². The molecule has 4 aromatic rings. The molecule has 2 aromatic carbocycles. The Morgan fingerprint density at radius 3 is 2.47 bits per heavy atom. The van der Waals surface area contributed by atoms with Crippen LogP contribution in [-0.4, -0.2) is 23.2 Å². The summed E-state index contributed by atoms with van der Waals surface area (Å²) in [5.74, 6) is -0.891. The maximum atomic E-state index is 13.2. The Morgan fingerprint density at radius 2 is 1.77 bits per heavy atom. The second-order valence-corrected chi connectivity index (χ2v) is 7.31. The molecule has 5 nitrogen and oxygen atoms in total. The molecule has 0 atom stereocenters. The molecule has 0 spiro atoms. The topological polar surface area (TPSA) is 59.8 Å². The standard InChI is InChI=1S/C24H19ClN2O3/c1-15-6-8-16(9-7-15)19-14-18-5-3-4-12-27(18)22(19)23(28)24(29)26-17-10-11-21(30-2)20(25)13-17/h3-14H,1-2H3,(H,26,29). The number of hydrogen-bond donors (Lipinski definition) is 1. The summed E-state index contributed by atoms with van der Waals surface area (Å²) in [5.41, 5.74) is 4.24. The summed E-state index contributed by atoms with van der Waals surface area (Å²) in [7, 11) is 1.51. The van der Waals surface area contributed by atoms with Crippen molar-refractivity contribution >= 4 is 34.5 Å². The molecule has 30 heavy (non-hydrogen) atoms. The van der Waals surface area contributed by atoms with Gasteiger partial charge in [-0.3, -0.25) is 9.59 Å². The van der Waals surface area contributed by atoms with E-state index in [-0.39, 0.29) is 0 Å². The minimum absolute atomic E-state index is 0.312. The van der Waals surface area contributed by atoms with Gasteiger partial charge in [-0.1, -0.05) is 47.5 Å². The third-order valence-corrected chi connectivity index (χ3v) is 5.17. The normalized spacial score (nSPS) is 10.8. The number of nitrogens with one attached hydrogen (secondary N) is 1. The van der Waals surface area contributed by atoms with Crippen LogP contribution >= 0.6 is 11.6 Å². The molecule has 0 fully saturated rings. The molecule has 150 valence electrons. The van der Waals surface area contributed by atoms with Crippen molar-refractivity contribution in [3.63, 3.8) is 0 Å². The first kappa shape index (κ1) is 19.7. The van der Waals surface area contributed by atoms with E-state index in [4.69, 9.17) is 16.3 Å². The van der Waals surface area contributed by atoms with Gasteiger partial charge in [0.1, 0.15) is 11.4 Å². The molecule has 2 aromatic heterocycles. The van der Waals surface area contributed by atoms with Crippen LogP contribution in [0, 0.1) is 6.92 Å². The molecular formula is C24H19ClN2O3. The van der Waals surface area contributed by atoms with Crippen LogP contribution in [0.5, 0.6) is 5.75 Å². The van der Waals surface area contributed by atoms with Gasteiger partial charge in [0, 0.05) is 23.0 Å². The van der Waals surface area contributed by atoms with Gasteiger partial charge in [-0.25, -0.2) is 0 Å². The van der Waals surface area contributed by atoms with Gasteiger partial charge in [0.15, 0.2) is 0 Å². The van der Waals surface area contributed by atoms with Crippen molar-refractivity contribution in [1.29, 1.82) is 0 Å². The highest BCUT2D eigenvalue weighted by atomic mass is 35.5. The third-order valence-electron chi connectivity index (χ3n) is 4.87. The molecule has 0 saturated carbocycles. The van der Waals surface area contributed by atoms with E-state index in [0.717, 1.165) is 16.6 Å². The number of hydrogen-bond acceptors (Lipinski definition) is 3. The van der Waals surface area contributed by atoms with Gasteiger partial charge in [0.05, 0.1) is 12.1 Å². The predicted molar refractivity (Wildman–Crippen MR) is 119 cm³/mol. The SMILES string of the molecule is COc1ccc(NC(=O)C(=O)c2c(-c3ccc(C)cc3)cc3ccccn23)cc1Cl. The third kappa shape index (κ3) is 3.67. The van der Waals surface area contributed by atoms with E-state index in [1.165, 1.54) is 7.11 Å². The summed E-state index contributed by atoms with van der Waals surface area (Å²) in [6.45, 7) is 2.00. The fourth-order valence-corrected chi connectivity index (χ4v) is 3.61. The average Bonchev–Trinajstić information content (AvgIpc) is 3.13. The van der Waals surface area contributed by atoms with Crippen LogP contribution in [-0.2, 0) is 4.79 Å². The number of pyridine rings is 1. The zero-order chi connectivity index (χ0) is 21.3. The summed E-state index contributed by atoms with van der Waals surface area (Å²) in [6.07, 6.45) is 1.78. The summed E-state index contributed by atoms with van der Waals surface area (Å²) in [6, 6.07) is 20.2. The molecule has 1 N–H and O–H groups in total. The van der Waals surface area contributed by atoms with E-state index in [2.05, 4.69) is 5.32 Å². The quantitative estimate of drug-likeness (QED) is 0.349. The number of ether oxygens (including phenoxy) is 1. The summed E-state index contributed by atoms with van der Waals surface area (Å²) in [5, 5.41) is 2.98. The lowest BCUT2D eigenvalue weighted by Gasteiger charge is -2.09. The second kappa shape index (κ2) is 8.05. The highest BCUT2D eigenvalue weighted by molar-refractivity contribution is 6.47. The van der Waals surface area contributed by atoms with Crippen LogP contribution < -0.4 is 10.1 Å². The van der Waals surface area contributed by atoms with Crippen LogP contribution in [0.3, 0.4) is 0 Å². The molecule has 2 heterocycles. The van der Waals surface area contributed by atoms with Crippen molar-refractivity contribution in [1.82, 2.24) is 4.40 Å². The highest BCUT2D eigenvalue weighted by Gasteiger charge is 2.25. The minimum atomic E-state index is -0.742. The van der Waals surface area contributed by atoms with Crippen LogP contribution in [0.1, 0.15) is 16.1 Å². The van der Waals surface area contributed by atoms with E-state index in [1.54, 1.807) is 28.8 Å². The average molecular weight is 419 g/mol. The molecule has 0 radical (unpaired) electrons. The van der Waals surface area contributed by atoms with Gasteiger partial charge < -0.3 is 14.5 Å². The van der Waals surface area contributed by atoms with Gasteiger partial charge in [0.2, 0.25) is 0 Å². The van der Waals surface area contributed by atoms with Crippen molar-refractivity contribution in [2.24, 2.45) is 0 Å². The van der Waals surface area contributed by atoms with Crippen LogP contribution in [0.25, 0.3) is 16.6 Å². The molecule has 4 rings (SSSR count). The first-order valence-electron chi connectivity index (χ1n) is 9.34. The Hall–Kier alpha value is -3.57. The van der Waals surface area contributed by atoms with Crippen molar-refractivity contribution in [2.75, 3.05) is 12.4 Å². The number of halogens is 1. The number of carbonyl (C=O) groups is 2. The number of methoxy groups -OCH3 is 1. The number of ketones is 1. The molecule has 6 heteroatoms. The van der Waals surface area contributed by atoms with Crippen molar-refractivity contribution in [3.05, 3.63) is 89.2 Å². The lowest BCUT2D eigenvalue weighted by molar-refractivity contribution is -0.112.